The van der Waals surface area contributed by atoms with E-state index in [9.17, 15) is 0 Å². The van der Waals surface area contributed by atoms with Crippen molar-refractivity contribution in [2.24, 2.45) is 4.99 Å². The number of hydrogen-bond acceptors (Lipinski definition) is 4. The normalized spacial score (nSPS) is 11.1. The number of nitrogens with one attached hydrogen (secondary N) is 2. The molecule has 0 amide bonds. The van der Waals surface area contributed by atoms with E-state index in [4.69, 9.17) is 14.5 Å². The van der Waals surface area contributed by atoms with Crippen molar-refractivity contribution in [3.8, 4) is 11.4 Å². The number of rotatable bonds is 10. The number of methoxy groups -OCH3 is 1. The van der Waals surface area contributed by atoms with Crippen LogP contribution < -0.4 is 15.4 Å². The number of aliphatic imine (C=N–C) groups is 1. The summed E-state index contributed by atoms with van der Waals surface area (Å²) in [7, 11) is 1.67. The average molecular weight is 563 g/mol. The fourth-order valence-corrected chi connectivity index (χ4v) is 3.28. The average Bonchev–Trinajstić information content (AvgIpc) is 3.23. The predicted octanol–water partition coefficient (Wildman–Crippen LogP) is 4.39. The second-order valence-electron chi connectivity index (χ2n) is 7.53. The lowest BCUT2D eigenvalue weighted by atomic mass is 10.1. The SMILES string of the molecule is CCNC(=NCc1ccc(C)cc1OCCOC)NCc1ccccc1-n1ccc(C)n1.I. The maximum Gasteiger partial charge on any atom is 0.191 e. The molecule has 1 heterocycles. The van der Waals surface area contributed by atoms with Crippen LogP contribution in [0.1, 0.15) is 29.3 Å². The third kappa shape index (κ3) is 8.04. The molecule has 7 nitrogen and oxygen atoms in total. The Morgan fingerprint density at radius 2 is 1.85 bits per heavy atom. The minimum absolute atomic E-state index is 0. The summed E-state index contributed by atoms with van der Waals surface area (Å²) >= 11 is 0. The molecule has 0 spiro atoms. The number of halogens is 1. The summed E-state index contributed by atoms with van der Waals surface area (Å²) in [6, 6.07) is 16.4. The predicted molar refractivity (Wildman–Crippen MR) is 144 cm³/mol. The van der Waals surface area contributed by atoms with Crippen LogP contribution in [0.2, 0.25) is 0 Å². The molecule has 178 valence electrons. The number of aromatic nitrogens is 2. The Hall–Kier alpha value is -2.59. The first kappa shape index (κ1) is 26.7. The van der Waals surface area contributed by atoms with Gasteiger partial charge >= 0.3 is 0 Å². The van der Waals surface area contributed by atoms with Gasteiger partial charge in [-0.15, -0.1) is 24.0 Å². The van der Waals surface area contributed by atoms with Crippen LogP contribution in [-0.4, -0.2) is 42.6 Å². The van der Waals surface area contributed by atoms with Crippen LogP contribution in [0.5, 0.6) is 5.75 Å². The molecule has 0 bridgehead atoms. The van der Waals surface area contributed by atoms with E-state index in [1.54, 1.807) is 7.11 Å². The second-order valence-corrected chi connectivity index (χ2v) is 7.53. The number of hydrogen-bond donors (Lipinski definition) is 2. The van der Waals surface area contributed by atoms with Crippen LogP contribution in [-0.2, 0) is 17.8 Å². The summed E-state index contributed by atoms with van der Waals surface area (Å²) in [4.78, 5) is 4.78. The van der Waals surface area contributed by atoms with Gasteiger partial charge in [-0.25, -0.2) is 9.67 Å². The molecule has 1 aromatic heterocycles. The third-order valence-electron chi connectivity index (χ3n) is 4.93. The standard InChI is InChI=1S/C25H33N5O2.HI/c1-5-26-25(28-18-22-11-10-19(2)16-24(22)32-15-14-31-4)27-17-21-8-6-7-9-23(21)30-13-12-20(3)29-30;/h6-13,16H,5,14-15,17-18H2,1-4H3,(H2,26,27,28);1H. The zero-order chi connectivity index (χ0) is 22.8. The number of ether oxygens (including phenoxy) is 2. The van der Waals surface area contributed by atoms with Gasteiger partial charge in [-0.1, -0.05) is 30.3 Å². The fraction of sp³-hybridized carbons (Fsp3) is 0.360. The van der Waals surface area contributed by atoms with Gasteiger partial charge < -0.3 is 20.1 Å². The van der Waals surface area contributed by atoms with Crippen molar-refractivity contribution in [3.63, 3.8) is 0 Å². The molecule has 0 aliphatic carbocycles. The molecule has 3 aromatic rings. The monoisotopic (exact) mass is 563 g/mol. The number of benzene rings is 2. The highest BCUT2D eigenvalue weighted by atomic mass is 127. The largest absolute Gasteiger partial charge is 0.491 e. The third-order valence-corrected chi connectivity index (χ3v) is 4.93. The van der Waals surface area contributed by atoms with E-state index in [2.05, 4.69) is 53.8 Å². The molecule has 2 N–H and O–H groups in total. The quantitative estimate of drug-likeness (QED) is 0.166. The van der Waals surface area contributed by atoms with E-state index < -0.39 is 0 Å². The molecular weight excluding hydrogens is 529 g/mol. The molecule has 3 rings (SSSR count). The molecule has 2 aromatic carbocycles. The number of nitrogens with zero attached hydrogens (tertiary/aromatic N) is 3. The summed E-state index contributed by atoms with van der Waals surface area (Å²) in [6.45, 7) is 9.09. The zero-order valence-corrected chi connectivity index (χ0v) is 22.1. The molecule has 0 saturated heterocycles. The van der Waals surface area contributed by atoms with Crippen molar-refractivity contribution in [2.75, 3.05) is 26.9 Å². The van der Waals surface area contributed by atoms with Crippen molar-refractivity contribution < 1.29 is 9.47 Å². The van der Waals surface area contributed by atoms with E-state index >= 15 is 0 Å². The number of aryl methyl sites for hydroxylation is 2. The first-order chi connectivity index (χ1) is 15.6. The molecule has 0 saturated carbocycles. The molecule has 0 aliphatic rings. The van der Waals surface area contributed by atoms with Gasteiger partial charge in [0.25, 0.3) is 0 Å². The van der Waals surface area contributed by atoms with E-state index in [-0.39, 0.29) is 24.0 Å². The summed E-state index contributed by atoms with van der Waals surface area (Å²) in [6.07, 6.45) is 1.98. The van der Waals surface area contributed by atoms with E-state index in [1.165, 1.54) is 0 Å². The molecule has 0 unspecified atom stereocenters. The van der Waals surface area contributed by atoms with Gasteiger partial charge in [0.2, 0.25) is 0 Å². The second kappa shape index (κ2) is 13.8. The minimum atomic E-state index is 0. The Morgan fingerprint density at radius 1 is 1.03 bits per heavy atom. The molecule has 0 radical (unpaired) electrons. The minimum Gasteiger partial charge on any atom is -0.491 e. The molecule has 33 heavy (non-hydrogen) atoms. The van der Waals surface area contributed by atoms with Gasteiger partial charge in [-0.3, -0.25) is 0 Å². The number of para-hydroxylation sites is 1. The Labute approximate surface area is 213 Å². The first-order valence-corrected chi connectivity index (χ1v) is 10.9. The van der Waals surface area contributed by atoms with Crippen molar-refractivity contribution >= 4 is 29.9 Å². The van der Waals surface area contributed by atoms with Crippen LogP contribution in [0.3, 0.4) is 0 Å². The highest BCUT2D eigenvalue weighted by Crippen LogP contribution is 2.21. The highest BCUT2D eigenvalue weighted by Gasteiger charge is 2.08. The van der Waals surface area contributed by atoms with Crippen LogP contribution in [0.15, 0.2) is 59.7 Å². The molecule has 0 fully saturated rings. The summed E-state index contributed by atoms with van der Waals surface area (Å²) in [5.41, 5.74) is 5.37. The summed E-state index contributed by atoms with van der Waals surface area (Å²) in [5, 5.41) is 11.3. The Bertz CT molecular complexity index is 1040. The van der Waals surface area contributed by atoms with Gasteiger partial charge in [-0.2, -0.15) is 5.10 Å². The highest BCUT2D eigenvalue weighted by molar-refractivity contribution is 14.0. The lowest BCUT2D eigenvalue weighted by Gasteiger charge is -2.15. The maximum absolute atomic E-state index is 5.90. The lowest BCUT2D eigenvalue weighted by molar-refractivity contribution is 0.145. The molecular formula is C25H34IN5O2. The van der Waals surface area contributed by atoms with Crippen LogP contribution >= 0.6 is 24.0 Å². The van der Waals surface area contributed by atoms with Gasteiger partial charge in [0.05, 0.1) is 24.5 Å². The smallest absolute Gasteiger partial charge is 0.191 e. The van der Waals surface area contributed by atoms with Gasteiger partial charge in [0.15, 0.2) is 5.96 Å². The van der Waals surface area contributed by atoms with Gasteiger partial charge in [0.1, 0.15) is 12.4 Å². The molecule has 0 aliphatic heterocycles. The van der Waals surface area contributed by atoms with E-state index in [0.29, 0.717) is 26.3 Å². The van der Waals surface area contributed by atoms with Crippen molar-refractivity contribution in [2.45, 2.75) is 33.9 Å². The molecule has 0 atom stereocenters. The van der Waals surface area contributed by atoms with Gasteiger partial charge in [0, 0.05) is 32.0 Å². The lowest BCUT2D eigenvalue weighted by Crippen LogP contribution is -2.37. The van der Waals surface area contributed by atoms with Gasteiger partial charge in [-0.05, 0) is 50.1 Å². The van der Waals surface area contributed by atoms with Crippen LogP contribution in [0.25, 0.3) is 5.69 Å². The van der Waals surface area contributed by atoms with E-state index in [1.807, 2.05) is 42.1 Å². The topological polar surface area (TPSA) is 72.7 Å². The van der Waals surface area contributed by atoms with E-state index in [0.717, 1.165) is 46.3 Å². The fourth-order valence-electron chi connectivity index (χ4n) is 3.28. The van der Waals surface area contributed by atoms with Crippen molar-refractivity contribution in [3.05, 3.63) is 77.1 Å². The molecule has 8 heteroatoms. The van der Waals surface area contributed by atoms with Crippen LogP contribution in [0.4, 0.5) is 0 Å². The Kier molecular flexibility index (Phi) is 11.2. The van der Waals surface area contributed by atoms with Crippen LogP contribution in [0, 0.1) is 13.8 Å². The zero-order valence-electron chi connectivity index (χ0n) is 19.8. The first-order valence-electron chi connectivity index (χ1n) is 10.9. The summed E-state index contributed by atoms with van der Waals surface area (Å²) in [5.74, 6) is 1.60. The Morgan fingerprint density at radius 3 is 2.58 bits per heavy atom. The number of guanidine groups is 1. The summed E-state index contributed by atoms with van der Waals surface area (Å²) < 4.78 is 12.9. The van der Waals surface area contributed by atoms with Crippen molar-refractivity contribution in [1.82, 2.24) is 20.4 Å². The Balaban J connectivity index is 0.00000385. The maximum atomic E-state index is 5.90. The van der Waals surface area contributed by atoms with Crippen molar-refractivity contribution in [1.29, 1.82) is 0 Å².